The molecule has 0 bridgehead atoms. The molecular formula is C12H13N3O3. The molecule has 2 amide bonds. The second kappa shape index (κ2) is 4.48. The summed E-state index contributed by atoms with van der Waals surface area (Å²) in [7, 11) is 0. The van der Waals surface area contributed by atoms with Gasteiger partial charge >= 0.3 is 6.03 Å². The first kappa shape index (κ1) is 12.1. The number of nitrogens with one attached hydrogen (secondary N) is 2. The highest BCUT2D eigenvalue weighted by atomic mass is 16.6. The maximum absolute atomic E-state index is 11.4. The lowest BCUT2D eigenvalue weighted by molar-refractivity contribution is -0.384. The van der Waals surface area contributed by atoms with Crippen molar-refractivity contribution < 1.29 is 9.72 Å². The molecule has 0 aliphatic carbocycles. The number of urea groups is 1. The number of amides is 2. The second-order valence-corrected chi connectivity index (χ2v) is 4.19. The van der Waals surface area contributed by atoms with Crippen LogP contribution in [0.4, 0.5) is 10.5 Å². The van der Waals surface area contributed by atoms with Crippen LogP contribution in [0.2, 0.25) is 0 Å². The van der Waals surface area contributed by atoms with Gasteiger partial charge in [0.15, 0.2) is 0 Å². The molecule has 0 spiro atoms. The van der Waals surface area contributed by atoms with Crippen molar-refractivity contribution >= 4 is 11.7 Å². The predicted octanol–water partition coefficient (Wildman–Crippen LogP) is 2.24. The Hall–Kier alpha value is -2.37. The number of carbonyl (C=O) groups is 1. The molecule has 0 aromatic heterocycles. The number of rotatable bonds is 2. The molecule has 2 N–H and O–H groups in total. The van der Waals surface area contributed by atoms with Gasteiger partial charge in [-0.1, -0.05) is 12.1 Å². The second-order valence-electron chi connectivity index (χ2n) is 4.19. The summed E-state index contributed by atoms with van der Waals surface area (Å²) in [5.74, 6) is 0. The molecule has 18 heavy (non-hydrogen) atoms. The number of carbonyl (C=O) groups excluding carboxylic acids is 1. The fourth-order valence-corrected chi connectivity index (χ4v) is 1.91. The first-order valence-electron chi connectivity index (χ1n) is 5.48. The van der Waals surface area contributed by atoms with Crippen molar-refractivity contribution in [2.45, 2.75) is 19.9 Å². The lowest BCUT2D eigenvalue weighted by Crippen LogP contribution is -2.42. The molecule has 1 atom stereocenters. The SMILES string of the molecule is CC1=C(C)[C@H](c2cccc([N+](=O)[O-])c2)NC(=O)N1. The highest BCUT2D eigenvalue weighted by Crippen LogP contribution is 2.27. The highest BCUT2D eigenvalue weighted by Gasteiger charge is 2.24. The third-order valence-electron chi connectivity index (χ3n) is 3.02. The zero-order valence-electron chi connectivity index (χ0n) is 10.1. The third kappa shape index (κ3) is 2.17. The van der Waals surface area contributed by atoms with Gasteiger partial charge in [-0.05, 0) is 25.0 Å². The molecule has 1 heterocycles. The van der Waals surface area contributed by atoms with Gasteiger partial charge < -0.3 is 10.6 Å². The predicted molar refractivity (Wildman–Crippen MR) is 65.9 cm³/mol. The zero-order chi connectivity index (χ0) is 13.3. The third-order valence-corrected chi connectivity index (χ3v) is 3.02. The van der Waals surface area contributed by atoms with Crippen molar-refractivity contribution in [3.63, 3.8) is 0 Å². The summed E-state index contributed by atoms with van der Waals surface area (Å²) < 4.78 is 0. The molecule has 6 nitrogen and oxygen atoms in total. The standard InChI is InChI=1S/C12H13N3O3/c1-7-8(2)13-12(16)14-11(7)9-4-3-5-10(6-9)15(17)18/h3-6,11H,1-2H3,(H2,13,14,16)/t11-/m1/s1. The molecule has 94 valence electrons. The quantitative estimate of drug-likeness (QED) is 0.621. The van der Waals surface area contributed by atoms with Gasteiger partial charge in [0.25, 0.3) is 5.69 Å². The number of hydrogen-bond donors (Lipinski definition) is 2. The minimum atomic E-state index is -0.446. The van der Waals surface area contributed by atoms with Crippen molar-refractivity contribution in [3.8, 4) is 0 Å². The van der Waals surface area contributed by atoms with Gasteiger partial charge in [-0.15, -0.1) is 0 Å². The lowest BCUT2D eigenvalue weighted by atomic mass is 9.97. The molecular weight excluding hydrogens is 234 g/mol. The summed E-state index contributed by atoms with van der Waals surface area (Å²) >= 11 is 0. The first-order chi connectivity index (χ1) is 8.49. The van der Waals surface area contributed by atoms with E-state index in [0.717, 1.165) is 11.3 Å². The Morgan fingerprint density at radius 1 is 1.33 bits per heavy atom. The van der Waals surface area contributed by atoms with E-state index in [4.69, 9.17) is 0 Å². The maximum atomic E-state index is 11.4. The highest BCUT2D eigenvalue weighted by molar-refractivity contribution is 5.78. The normalized spacial score (nSPS) is 19.2. The van der Waals surface area contributed by atoms with Crippen LogP contribution in [0.15, 0.2) is 35.5 Å². The summed E-state index contributed by atoms with van der Waals surface area (Å²) in [6.07, 6.45) is 0. The van der Waals surface area contributed by atoms with Crippen LogP contribution < -0.4 is 10.6 Å². The van der Waals surface area contributed by atoms with Crippen LogP contribution in [0.25, 0.3) is 0 Å². The molecule has 6 heteroatoms. The van der Waals surface area contributed by atoms with Gasteiger partial charge in [0.1, 0.15) is 0 Å². The number of hydrogen-bond acceptors (Lipinski definition) is 3. The number of nitrogens with zero attached hydrogens (tertiary/aromatic N) is 1. The molecule has 1 aromatic carbocycles. The van der Waals surface area contributed by atoms with Gasteiger partial charge in [-0.3, -0.25) is 10.1 Å². The van der Waals surface area contributed by atoms with E-state index in [9.17, 15) is 14.9 Å². The minimum Gasteiger partial charge on any atom is -0.327 e. The Balaban J connectivity index is 2.42. The van der Waals surface area contributed by atoms with Gasteiger partial charge in [0.05, 0.1) is 11.0 Å². The van der Waals surface area contributed by atoms with E-state index in [1.807, 2.05) is 6.92 Å². The monoisotopic (exact) mass is 247 g/mol. The Morgan fingerprint density at radius 2 is 2.06 bits per heavy atom. The number of benzene rings is 1. The van der Waals surface area contributed by atoms with Crippen LogP contribution in [0.5, 0.6) is 0 Å². The minimum absolute atomic E-state index is 0.0192. The van der Waals surface area contributed by atoms with Crippen molar-refractivity contribution in [2.24, 2.45) is 0 Å². The number of nitro benzene ring substituents is 1. The maximum Gasteiger partial charge on any atom is 0.319 e. The smallest absolute Gasteiger partial charge is 0.319 e. The van der Waals surface area contributed by atoms with Crippen LogP contribution in [-0.4, -0.2) is 11.0 Å². The van der Waals surface area contributed by atoms with E-state index in [-0.39, 0.29) is 17.8 Å². The average molecular weight is 247 g/mol. The van der Waals surface area contributed by atoms with Crippen molar-refractivity contribution in [2.75, 3.05) is 0 Å². The molecule has 0 fully saturated rings. The number of allylic oxidation sites excluding steroid dienone is 1. The topological polar surface area (TPSA) is 84.3 Å². The van der Waals surface area contributed by atoms with E-state index in [1.165, 1.54) is 12.1 Å². The molecule has 1 aliphatic heterocycles. The van der Waals surface area contributed by atoms with E-state index in [0.29, 0.717) is 5.56 Å². The van der Waals surface area contributed by atoms with E-state index in [1.54, 1.807) is 19.1 Å². The Labute approximate surface area is 104 Å². The summed E-state index contributed by atoms with van der Waals surface area (Å²) in [6.45, 7) is 3.68. The molecule has 1 aromatic rings. The number of non-ortho nitro benzene ring substituents is 1. The summed E-state index contributed by atoms with van der Waals surface area (Å²) in [5.41, 5.74) is 2.44. The Bertz CT molecular complexity index is 551. The van der Waals surface area contributed by atoms with E-state index < -0.39 is 4.92 Å². The van der Waals surface area contributed by atoms with Crippen LogP contribution >= 0.6 is 0 Å². The van der Waals surface area contributed by atoms with Gasteiger partial charge in [0, 0.05) is 17.8 Å². The average Bonchev–Trinajstić information content (AvgIpc) is 2.34. The van der Waals surface area contributed by atoms with Gasteiger partial charge in [-0.25, -0.2) is 4.79 Å². The van der Waals surface area contributed by atoms with Crippen LogP contribution in [0.3, 0.4) is 0 Å². The molecule has 0 saturated heterocycles. The van der Waals surface area contributed by atoms with Gasteiger partial charge in [-0.2, -0.15) is 0 Å². The molecule has 0 unspecified atom stereocenters. The molecule has 0 radical (unpaired) electrons. The van der Waals surface area contributed by atoms with Crippen molar-refractivity contribution in [1.29, 1.82) is 0 Å². The van der Waals surface area contributed by atoms with E-state index in [2.05, 4.69) is 10.6 Å². The fourth-order valence-electron chi connectivity index (χ4n) is 1.91. The Morgan fingerprint density at radius 3 is 2.72 bits per heavy atom. The van der Waals surface area contributed by atoms with Crippen LogP contribution in [0.1, 0.15) is 25.5 Å². The fraction of sp³-hybridized carbons (Fsp3) is 0.250. The Kier molecular flexibility index (Phi) is 3.01. The summed E-state index contributed by atoms with van der Waals surface area (Å²) in [6, 6.07) is 5.67. The van der Waals surface area contributed by atoms with Crippen molar-refractivity contribution in [3.05, 3.63) is 51.2 Å². The molecule has 2 rings (SSSR count). The first-order valence-corrected chi connectivity index (χ1v) is 5.48. The molecule has 1 aliphatic rings. The summed E-state index contributed by atoms with van der Waals surface area (Å²) in [5, 5.41) is 16.2. The van der Waals surface area contributed by atoms with E-state index >= 15 is 0 Å². The number of nitro groups is 1. The van der Waals surface area contributed by atoms with Crippen molar-refractivity contribution in [1.82, 2.24) is 10.6 Å². The summed E-state index contributed by atoms with van der Waals surface area (Å²) in [4.78, 5) is 21.7. The van der Waals surface area contributed by atoms with Crippen LogP contribution in [0, 0.1) is 10.1 Å². The van der Waals surface area contributed by atoms with Gasteiger partial charge in [0.2, 0.25) is 0 Å². The zero-order valence-corrected chi connectivity index (χ0v) is 10.1. The lowest BCUT2D eigenvalue weighted by Gasteiger charge is -2.27. The van der Waals surface area contributed by atoms with Crippen LogP contribution in [-0.2, 0) is 0 Å². The largest absolute Gasteiger partial charge is 0.327 e. The molecule has 0 saturated carbocycles.